The number of carbonyl (C=O) groups is 2. The van der Waals surface area contributed by atoms with Crippen molar-refractivity contribution in [2.75, 3.05) is 14.1 Å². The topological polar surface area (TPSA) is 49.4 Å². The van der Waals surface area contributed by atoms with Gasteiger partial charge in [0, 0.05) is 14.1 Å². The lowest BCUT2D eigenvalue weighted by Crippen LogP contribution is -2.43. The molecule has 1 atom stereocenters. The molecule has 4 nitrogen and oxygen atoms in total. The summed E-state index contributed by atoms with van der Waals surface area (Å²) >= 11 is 0. The van der Waals surface area contributed by atoms with Crippen LogP contribution in [0.5, 0.6) is 0 Å². The van der Waals surface area contributed by atoms with Gasteiger partial charge in [0.25, 0.3) is 5.91 Å². The number of nitrogens with zero attached hydrogens (tertiary/aromatic N) is 1. The standard InChI is InChI=1S/C9H14N2O2/c1-5-6-8(12)10-7(2)9(13)11(3)4/h7H,1-4H3,(H,10,12). The van der Waals surface area contributed by atoms with Crippen molar-refractivity contribution in [2.24, 2.45) is 0 Å². The van der Waals surface area contributed by atoms with E-state index in [4.69, 9.17) is 0 Å². The minimum Gasteiger partial charge on any atom is -0.347 e. The van der Waals surface area contributed by atoms with Crippen LogP contribution in [-0.2, 0) is 9.59 Å². The maximum Gasteiger partial charge on any atom is 0.296 e. The van der Waals surface area contributed by atoms with E-state index in [2.05, 4.69) is 17.2 Å². The Bertz CT molecular complexity index is 261. The van der Waals surface area contributed by atoms with Crippen LogP contribution in [0.15, 0.2) is 0 Å². The fourth-order valence-electron chi connectivity index (χ4n) is 0.795. The lowest BCUT2D eigenvalue weighted by atomic mass is 10.3. The number of likely N-dealkylation sites (N-methyl/N-ethyl adjacent to an activating group) is 1. The summed E-state index contributed by atoms with van der Waals surface area (Å²) in [7, 11) is 3.27. The van der Waals surface area contributed by atoms with Gasteiger partial charge >= 0.3 is 0 Å². The smallest absolute Gasteiger partial charge is 0.296 e. The molecule has 0 aliphatic rings. The molecule has 0 aliphatic heterocycles. The van der Waals surface area contributed by atoms with Crippen LogP contribution in [0, 0.1) is 11.8 Å². The second-order valence-corrected chi connectivity index (χ2v) is 2.80. The molecule has 4 heteroatoms. The molecule has 0 spiro atoms. The van der Waals surface area contributed by atoms with Crippen molar-refractivity contribution in [1.82, 2.24) is 10.2 Å². The first-order valence-electron chi connectivity index (χ1n) is 3.93. The third-order valence-corrected chi connectivity index (χ3v) is 1.40. The first-order valence-corrected chi connectivity index (χ1v) is 3.93. The van der Waals surface area contributed by atoms with E-state index in [1.165, 1.54) is 4.90 Å². The van der Waals surface area contributed by atoms with Gasteiger partial charge in [-0.05, 0) is 19.8 Å². The number of carbonyl (C=O) groups excluding carboxylic acids is 2. The molecule has 0 radical (unpaired) electrons. The Labute approximate surface area is 78.3 Å². The molecule has 0 bridgehead atoms. The van der Waals surface area contributed by atoms with Gasteiger partial charge in [-0.15, -0.1) is 0 Å². The molecule has 13 heavy (non-hydrogen) atoms. The second kappa shape index (κ2) is 5.20. The fraction of sp³-hybridized carbons (Fsp3) is 0.556. The Morgan fingerprint density at radius 1 is 1.38 bits per heavy atom. The first-order chi connectivity index (χ1) is 5.99. The van der Waals surface area contributed by atoms with Crippen molar-refractivity contribution in [3.8, 4) is 11.8 Å². The van der Waals surface area contributed by atoms with Crippen molar-refractivity contribution in [3.05, 3.63) is 0 Å². The summed E-state index contributed by atoms with van der Waals surface area (Å²) in [5.41, 5.74) is 0. The monoisotopic (exact) mass is 182 g/mol. The molecule has 0 aromatic carbocycles. The predicted octanol–water partition coefficient (Wildman–Crippen LogP) is -0.397. The van der Waals surface area contributed by atoms with Gasteiger partial charge < -0.3 is 10.2 Å². The molecule has 0 rings (SSSR count). The molecule has 72 valence electrons. The van der Waals surface area contributed by atoms with E-state index in [9.17, 15) is 9.59 Å². The molecule has 0 aliphatic carbocycles. The normalized spacial score (nSPS) is 10.8. The van der Waals surface area contributed by atoms with Crippen molar-refractivity contribution >= 4 is 11.8 Å². The van der Waals surface area contributed by atoms with E-state index in [0.29, 0.717) is 0 Å². The summed E-state index contributed by atoms with van der Waals surface area (Å²) in [5.74, 6) is 4.18. The summed E-state index contributed by atoms with van der Waals surface area (Å²) in [4.78, 5) is 23.6. The fourth-order valence-corrected chi connectivity index (χ4v) is 0.795. The summed E-state index contributed by atoms with van der Waals surface area (Å²) < 4.78 is 0. The zero-order chi connectivity index (χ0) is 10.4. The molecule has 2 amide bonds. The van der Waals surface area contributed by atoms with Crippen LogP contribution in [0.2, 0.25) is 0 Å². The quantitative estimate of drug-likeness (QED) is 0.591. The number of rotatable bonds is 2. The van der Waals surface area contributed by atoms with Gasteiger partial charge in [0.15, 0.2) is 0 Å². The van der Waals surface area contributed by atoms with E-state index in [1.807, 2.05) is 0 Å². The molecule has 0 aromatic rings. The van der Waals surface area contributed by atoms with Gasteiger partial charge in [-0.25, -0.2) is 0 Å². The van der Waals surface area contributed by atoms with Crippen molar-refractivity contribution < 1.29 is 9.59 Å². The number of amides is 2. The minimum atomic E-state index is -0.525. The molecule has 0 heterocycles. The highest BCUT2D eigenvalue weighted by atomic mass is 16.2. The van der Waals surface area contributed by atoms with Gasteiger partial charge in [-0.1, -0.05) is 5.92 Å². The maximum atomic E-state index is 11.2. The lowest BCUT2D eigenvalue weighted by Gasteiger charge is -2.16. The van der Waals surface area contributed by atoms with Crippen LogP contribution in [0.4, 0.5) is 0 Å². The predicted molar refractivity (Wildman–Crippen MR) is 49.7 cm³/mol. The van der Waals surface area contributed by atoms with Crippen LogP contribution in [0.25, 0.3) is 0 Å². The van der Waals surface area contributed by atoms with Crippen molar-refractivity contribution in [2.45, 2.75) is 19.9 Å². The molecule has 1 N–H and O–H groups in total. The average molecular weight is 182 g/mol. The summed E-state index contributed by atoms with van der Waals surface area (Å²) in [6, 6.07) is -0.525. The number of hydrogen-bond acceptors (Lipinski definition) is 2. The van der Waals surface area contributed by atoms with Crippen LogP contribution in [0.3, 0.4) is 0 Å². The second-order valence-electron chi connectivity index (χ2n) is 2.80. The Kier molecular flexibility index (Phi) is 4.60. The third kappa shape index (κ3) is 4.16. The summed E-state index contributed by atoms with van der Waals surface area (Å²) in [6.45, 7) is 3.19. The van der Waals surface area contributed by atoms with E-state index in [1.54, 1.807) is 27.9 Å². The zero-order valence-electron chi connectivity index (χ0n) is 8.34. The molecule has 0 saturated carbocycles. The van der Waals surface area contributed by atoms with Gasteiger partial charge in [0.1, 0.15) is 6.04 Å². The highest BCUT2D eigenvalue weighted by molar-refractivity contribution is 5.96. The minimum absolute atomic E-state index is 0.147. The average Bonchev–Trinajstić information content (AvgIpc) is 2.03. The van der Waals surface area contributed by atoms with Gasteiger partial charge in [0.05, 0.1) is 0 Å². The van der Waals surface area contributed by atoms with Crippen LogP contribution in [-0.4, -0.2) is 36.9 Å². The summed E-state index contributed by atoms with van der Waals surface area (Å²) in [5, 5.41) is 2.46. The summed E-state index contributed by atoms with van der Waals surface area (Å²) in [6.07, 6.45) is 0. The molecular formula is C9H14N2O2. The van der Waals surface area contributed by atoms with E-state index < -0.39 is 11.9 Å². The Morgan fingerprint density at radius 3 is 2.31 bits per heavy atom. The SMILES string of the molecule is CC#CC(=O)NC(C)C(=O)N(C)C. The molecule has 0 fully saturated rings. The van der Waals surface area contributed by atoms with Crippen molar-refractivity contribution in [1.29, 1.82) is 0 Å². The van der Waals surface area contributed by atoms with E-state index in [0.717, 1.165) is 0 Å². The van der Waals surface area contributed by atoms with Crippen molar-refractivity contribution in [3.63, 3.8) is 0 Å². The number of nitrogens with one attached hydrogen (secondary N) is 1. The van der Waals surface area contributed by atoms with Gasteiger partial charge in [0.2, 0.25) is 5.91 Å². The number of hydrogen-bond donors (Lipinski definition) is 1. The maximum absolute atomic E-state index is 11.2. The van der Waals surface area contributed by atoms with Crippen LogP contribution < -0.4 is 5.32 Å². The first kappa shape index (κ1) is 11.5. The van der Waals surface area contributed by atoms with E-state index >= 15 is 0 Å². The zero-order valence-corrected chi connectivity index (χ0v) is 8.34. The molecular weight excluding hydrogens is 168 g/mol. The molecule has 1 unspecified atom stereocenters. The highest BCUT2D eigenvalue weighted by Gasteiger charge is 2.15. The lowest BCUT2D eigenvalue weighted by molar-refractivity contribution is -0.132. The van der Waals surface area contributed by atoms with Gasteiger partial charge in [-0.2, -0.15) is 0 Å². The van der Waals surface area contributed by atoms with Crippen LogP contribution >= 0.6 is 0 Å². The van der Waals surface area contributed by atoms with Crippen LogP contribution in [0.1, 0.15) is 13.8 Å². The Morgan fingerprint density at radius 2 is 1.92 bits per heavy atom. The third-order valence-electron chi connectivity index (χ3n) is 1.40. The Balaban J connectivity index is 4.13. The highest BCUT2D eigenvalue weighted by Crippen LogP contribution is 1.87. The molecule has 0 aromatic heterocycles. The van der Waals surface area contributed by atoms with Gasteiger partial charge in [-0.3, -0.25) is 9.59 Å². The largest absolute Gasteiger partial charge is 0.347 e. The van der Waals surface area contributed by atoms with E-state index in [-0.39, 0.29) is 5.91 Å². The molecule has 0 saturated heterocycles. The Hall–Kier alpha value is -1.50.